The first-order chi connectivity index (χ1) is 11.3. The van der Waals surface area contributed by atoms with Gasteiger partial charge in [-0.3, -0.25) is 0 Å². The molecule has 1 N–H and O–H groups in total. The molecular weight excluding hydrogens is 282 g/mol. The largest absolute Gasteiger partial charge is 0.389 e. The van der Waals surface area contributed by atoms with Crippen molar-refractivity contribution >= 4 is 0 Å². The molecule has 2 unspecified atom stereocenters. The Labute approximate surface area is 141 Å². The SMILES string of the molecule is OC1(Cc2ccccc2)CCCCCC1CN1CCCCCC1. The molecule has 0 bridgehead atoms. The van der Waals surface area contributed by atoms with Gasteiger partial charge in [0.1, 0.15) is 0 Å². The summed E-state index contributed by atoms with van der Waals surface area (Å²) in [6.45, 7) is 3.57. The quantitative estimate of drug-likeness (QED) is 0.832. The van der Waals surface area contributed by atoms with Gasteiger partial charge in [0.05, 0.1) is 5.60 Å². The van der Waals surface area contributed by atoms with Gasteiger partial charge >= 0.3 is 0 Å². The van der Waals surface area contributed by atoms with Gasteiger partial charge in [-0.2, -0.15) is 0 Å². The molecule has 0 amide bonds. The molecule has 1 saturated heterocycles. The van der Waals surface area contributed by atoms with E-state index < -0.39 is 5.60 Å². The summed E-state index contributed by atoms with van der Waals surface area (Å²) < 4.78 is 0. The second kappa shape index (κ2) is 8.30. The van der Waals surface area contributed by atoms with Crippen molar-refractivity contribution in [1.82, 2.24) is 4.90 Å². The number of nitrogens with zero attached hydrogens (tertiary/aromatic N) is 1. The van der Waals surface area contributed by atoms with E-state index in [0.717, 1.165) is 19.4 Å². The molecule has 1 aliphatic heterocycles. The monoisotopic (exact) mass is 315 g/mol. The van der Waals surface area contributed by atoms with Crippen LogP contribution in [-0.4, -0.2) is 35.2 Å². The first-order valence-corrected chi connectivity index (χ1v) is 9.75. The average Bonchev–Trinajstić information content (AvgIpc) is 2.91. The Morgan fingerprint density at radius 1 is 0.913 bits per heavy atom. The van der Waals surface area contributed by atoms with Gasteiger partial charge in [-0.1, -0.05) is 62.4 Å². The van der Waals surface area contributed by atoms with Crippen LogP contribution in [0.5, 0.6) is 0 Å². The van der Waals surface area contributed by atoms with Crippen LogP contribution in [0.25, 0.3) is 0 Å². The number of benzene rings is 1. The molecular formula is C21H33NO. The first kappa shape index (κ1) is 17.0. The highest BCUT2D eigenvalue weighted by atomic mass is 16.3. The van der Waals surface area contributed by atoms with Crippen LogP contribution in [0.2, 0.25) is 0 Å². The molecule has 2 fully saturated rings. The van der Waals surface area contributed by atoms with Gasteiger partial charge in [0.15, 0.2) is 0 Å². The van der Waals surface area contributed by atoms with Crippen molar-refractivity contribution in [1.29, 1.82) is 0 Å². The number of hydrogen-bond donors (Lipinski definition) is 1. The number of likely N-dealkylation sites (tertiary alicyclic amines) is 1. The molecule has 23 heavy (non-hydrogen) atoms. The third kappa shape index (κ3) is 4.81. The molecule has 1 aromatic carbocycles. The lowest BCUT2D eigenvalue weighted by atomic mass is 9.78. The maximum atomic E-state index is 11.5. The van der Waals surface area contributed by atoms with Crippen LogP contribution < -0.4 is 0 Å². The van der Waals surface area contributed by atoms with Gasteiger partial charge in [-0.05, 0) is 44.3 Å². The van der Waals surface area contributed by atoms with Crippen molar-refractivity contribution < 1.29 is 5.11 Å². The van der Waals surface area contributed by atoms with Crippen molar-refractivity contribution in [2.75, 3.05) is 19.6 Å². The van der Waals surface area contributed by atoms with Crippen LogP contribution in [0, 0.1) is 5.92 Å². The standard InChI is InChI=1S/C21H33NO/c23-21(17-19-11-5-3-6-12-19)14-8-4-7-13-20(21)18-22-15-9-1-2-10-16-22/h3,5-6,11-12,20,23H,1-2,4,7-10,13-18H2. The predicted octanol–water partition coefficient (Wildman–Crippen LogP) is 4.42. The Kier molecular flexibility index (Phi) is 6.13. The summed E-state index contributed by atoms with van der Waals surface area (Å²) in [6.07, 6.45) is 12.2. The third-order valence-corrected chi connectivity index (χ3v) is 5.95. The van der Waals surface area contributed by atoms with E-state index >= 15 is 0 Å². The average molecular weight is 316 g/mol. The summed E-state index contributed by atoms with van der Waals surface area (Å²) in [5, 5.41) is 11.5. The van der Waals surface area contributed by atoms with Crippen LogP contribution in [0.3, 0.4) is 0 Å². The number of hydrogen-bond acceptors (Lipinski definition) is 2. The molecule has 128 valence electrons. The second-order valence-corrected chi connectivity index (χ2v) is 7.78. The fraction of sp³-hybridized carbons (Fsp3) is 0.714. The maximum absolute atomic E-state index is 11.5. The molecule has 2 nitrogen and oxygen atoms in total. The molecule has 0 radical (unpaired) electrons. The fourth-order valence-corrected chi connectivity index (χ4v) is 4.55. The van der Waals surface area contributed by atoms with E-state index in [0.29, 0.717) is 5.92 Å². The third-order valence-electron chi connectivity index (χ3n) is 5.95. The maximum Gasteiger partial charge on any atom is 0.0728 e. The first-order valence-electron chi connectivity index (χ1n) is 9.75. The van der Waals surface area contributed by atoms with E-state index in [-0.39, 0.29) is 0 Å². The van der Waals surface area contributed by atoms with E-state index in [1.165, 1.54) is 70.0 Å². The van der Waals surface area contributed by atoms with Crippen molar-refractivity contribution in [2.45, 2.75) is 69.8 Å². The van der Waals surface area contributed by atoms with Crippen molar-refractivity contribution in [2.24, 2.45) is 5.92 Å². The fourth-order valence-electron chi connectivity index (χ4n) is 4.55. The minimum Gasteiger partial charge on any atom is -0.389 e. The van der Waals surface area contributed by atoms with Gasteiger partial charge in [-0.25, -0.2) is 0 Å². The minimum atomic E-state index is -0.510. The molecule has 3 rings (SSSR count). The second-order valence-electron chi connectivity index (χ2n) is 7.78. The molecule has 1 saturated carbocycles. The molecule has 2 heteroatoms. The van der Waals surface area contributed by atoms with Crippen LogP contribution in [0.4, 0.5) is 0 Å². The van der Waals surface area contributed by atoms with Crippen LogP contribution in [0.1, 0.15) is 63.4 Å². The van der Waals surface area contributed by atoms with Gasteiger partial charge in [-0.15, -0.1) is 0 Å². The molecule has 1 aliphatic carbocycles. The summed E-state index contributed by atoms with van der Waals surface area (Å²) in [6, 6.07) is 10.6. The Balaban J connectivity index is 1.70. The molecule has 0 aromatic heterocycles. The highest BCUT2D eigenvalue weighted by Gasteiger charge is 2.38. The zero-order valence-corrected chi connectivity index (χ0v) is 14.6. The van der Waals surface area contributed by atoms with E-state index in [4.69, 9.17) is 0 Å². The topological polar surface area (TPSA) is 23.5 Å². The zero-order valence-electron chi connectivity index (χ0n) is 14.6. The lowest BCUT2D eigenvalue weighted by molar-refractivity contribution is -0.0367. The van der Waals surface area contributed by atoms with Crippen molar-refractivity contribution in [3.8, 4) is 0 Å². The van der Waals surface area contributed by atoms with E-state index in [2.05, 4.69) is 35.2 Å². The summed E-state index contributed by atoms with van der Waals surface area (Å²) in [5.41, 5.74) is 0.780. The summed E-state index contributed by atoms with van der Waals surface area (Å²) >= 11 is 0. The van der Waals surface area contributed by atoms with Gasteiger partial charge in [0.25, 0.3) is 0 Å². The number of aliphatic hydroxyl groups is 1. The van der Waals surface area contributed by atoms with Gasteiger partial charge in [0.2, 0.25) is 0 Å². The molecule has 2 aliphatic rings. The van der Waals surface area contributed by atoms with Crippen molar-refractivity contribution in [3.63, 3.8) is 0 Å². The molecule has 1 heterocycles. The van der Waals surface area contributed by atoms with Crippen molar-refractivity contribution in [3.05, 3.63) is 35.9 Å². The molecule has 2 atom stereocenters. The van der Waals surface area contributed by atoms with Crippen LogP contribution >= 0.6 is 0 Å². The Hall–Kier alpha value is -0.860. The number of rotatable bonds is 4. The Morgan fingerprint density at radius 3 is 2.35 bits per heavy atom. The minimum absolute atomic E-state index is 0.434. The van der Waals surface area contributed by atoms with Gasteiger partial charge in [0, 0.05) is 18.9 Å². The lowest BCUT2D eigenvalue weighted by Gasteiger charge is -2.38. The van der Waals surface area contributed by atoms with E-state index in [1.54, 1.807) is 0 Å². The Morgan fingerprint density at radius 2 is 1.61 bits per heavy atom. The molecule has 0 spiro atoms. The summed E-state index contributed by atoms with van der Waals surface area (Å²) in [5.74, 6) is 0.434. The van der Waals surface area contributed by atoms with Crippen LogP contribution in [0.15, 0.2) is 30.3 Å². The Bertz CT molecular complexity index is 452. The zero-order chi connectivity index (χ0) is 16.0. The van der Waals surface area contributed by atoms with Gasteiger partial charge < -0.3 is 10.0 Å². The summed E-state index contributed by atoms with van der Waals surface area (Å²) in [7, 11) is 0. The van der Waals surface area contributed by atoms with Crippen LogP contribution in [-0.2, 0) is 6.42 Å². The highest BCUT2D eigenvalue weighted by molar-refractivity contribution is 5.17. The normalized spacial score (nSPS) is 30.6. The lowest BCUT2D eigenvalue weighted by Crippen LogP contribution is -2.45. The molecule has 1 aromatic rings. The predicted molar refractivity (Wildman–Crippen MR) is 96.6 cm³/mol. The van der Waals surface area contributed by atoms with E-state index in [1.807, 2.05) is 0 Å². The highest BCUT2D eigenvalue weighted by Crippen LogP contribution is 2.36. The van der Waals surface area contributed by atoms with E-state index in [9.17, 15) is 5.11 Å². The smallest absolute Gasteiger partial charge is 0.0728 e. The summed E-state index contributed by atoms with van der Waals surface area (Å²) in [4.78, 5) is 2.64.